The molecule has 0 aliphatic carbocycles. The third-order valence-electron chi connectivity index (χ3n) is 6.06. The van der Waals surface area contributed by atoms with E-state index in [0.29, 0.717) is 39.9 Å². The molecule has 1 fully saturated rings. The molecule has 1 aliphatic heterocycles. The van der Waals surface area contributed by atoms with Crippen molar-refractivity contribution in [1.82, 2.24) is 14.9 Å². The summed E-state index contributed by atoms with van der Waals surface area (Å²) in [5.41, 5.74) is 2.01. The van der Waals surface area contributed by atoms with Crippen molar-refractivity contribution < 1.29 is 22.7 Å². The van der Waals surface area contributed by atoms with Gasteiger partial charge in [-0.05, 0) is 43.2 Å². The zero-order valence-electron chi connectivity index (χ0n) is 20.9. The Morgan fingerprint density at radius 2 is 1.70 bits per heavy atom. The number of methoxy groups -OCH3 is 1. The SMILES string of the molecule is CCC(=O)c1cnc(Nc2ccc(S(C)(=O)=O)cn2)cc1Nc1ccc(C(=O)N2CCCC2)cc1OC. The van der Waals surface area contributed by atoms with Crippen LogP contribution in [0.15, 0.2) is 53.7 Å². The first-order valence-corrected chi connectivity index (χ1v) is 13.8. The average Bonchev–Trinajstić information content (AvgIpc) is 3.43. The summed E-state index contributed by atoms with van der Waals surface area (Å²) >= 11 is 0. The molecule has 0 saturated carbocycles. The van der Waals surface area contributed by atoms with Gasteiger partial charge in [-0.25, -0.2) is 18.4 Å². The number of ether oxygens (including phenoxy) is 1. The fourth-order valence-electron chi connectivity index (χ4n) is 4.02. The smallest absolute Gasteiger partial charge is 0.253 e. The molecule has 0 bridgehead atoms. The number of ketones is 1. The van der Waals surface area contributed by atoms with Crippen LogP contribution in [-0.2, 0) is 9.84 Å². The minimum absolute atomic E-state index is 0.0333. The van der Waals surface area contributed by atoms with E-state index in [1.165, 1.54) is 31.6 Å². The van der Waals surface area contributed by atoms with E-state index in [1.54, 1.807) is 31.2 Å². The van der Waals surface area contributed by atoms with Gasteiger partial charge in [0, 0.05) is 49.8 Å². The number of amides is 1. The van der Waals surface area contributed by atoms with Gasteiger partial charge in [-0.3, -0.25) is 9.59 Å². The summed E-state index contributed by atoms with van der Waals surface area (Å²) < 4.78 is 28.9. The predicted molar refractivity (Wildman–Crippen MR) is 141 cm³/mol. The molecule has 194 valence electrons. The number of carbonyl (C=O) groups is 2. The first-order chi connectivity index (χ1) is 17.7. The van der Waals surface area contributed by atoms with Crippen LogP contribution < -0.4 is 15.4 Å². The molecule has 37 heavy (non-hydrogen) atoms. The van der Waals surface area contributed by atoms with Crippen LogP contribution in [0.25, 0.3) is 0 Å². The molecule has 0 radical (unpaired) electrons. The van der Waals surface area contributed by atoms with Crippen LogP contribution in [0.1, 0.15) is 46.9 Å². The second-order valence-electron chi connectivity index (χ2n) is 8.71. The van der Waals surface area contributed by atoms with Crippen molar-refractivity contribution in [3.8, 4) is 5.75 Å². The molecule has 3 aromatic rings. The number of sulfone groups is 1. The van der Waals surface area contributed by atoms with Crippen LogP contribution in [0.3, 0.4) is 0 Å². The van der Waals surface area contributed by atoms with Crippen molar-refractivity contribution in [2.75, 3.05) is 37.1 Å². The maximum atomic E-state index is 12.8. The fourth-order valence-corrected chi connectivity index (χ4v) is 4.58. The number of hydrogen-bond acceptors (Lipinski definition) is 9. The highest BCUT2D eigenvalue weighted by Crippen LogP contribution is 2.32. The molecule has 1 aromatic carbocycles. The van der Waals surface area contributed by atoms with Gasteiger partial charge in [0.2, 0.25) is 0 Å². The Hall–Kier alpha value is -3.99. The number of hydrogen-bond donors (Lipinski definition) is 2. The number of Topliss-reactive ketones (excluding diaryl/α,β-unsaturated/α-hetero) is 1. The molecular weight excluding hydrogens is 494 g/mol. The lowest BCUT2D eigenvalue weighted by Gasteiger charge is -2.18. The molecule has 1 aliphatic rings. The lowest BCUT2D eigenvalue weighted by Crippen LogP contribution is -2.27. The lowest BCUT2D eigenvalue weighted by molar-refractivity contribution is 0.0792. The van der Waals surface area contributed by atoms with Crippen LogP contribution in [0.5, 0.6) is 5.75 Å². The Morgan fingerprint density at radius 3 is 2.32 bits per heavy atom. The Bertz CT molecular complexity index is 1420. The average molecular weight is 524 g/mol. The van der Waals surface area contributed by atoms with Crippen LogP contribution in [-0.4, -0.2) is 61.4 Å². The molecule has 4 rings (SSSR count). The van der Waals surface area contributed by atoms with Gasteiger partial charge in [-0.1, -0.05) is 6.92 Å². The Morgan fingerprint density at radius 1 is 0.973 bits per heavy atom. The van der Waals surface area contributed by atoms with Crippen molar-refractivity contribution in [3.05, 3.63) is 59.9 Å². The monoisotopic (exact) mass is 523 g/mol. The summed E-state index contributed by atoms with van der Waals surface area (Å²) in [5.74, 6) is 1.12. The first kappa shape index (κ1) is 26.1. The van der Waals surface area contributed by atoms with Gasteiger partial charge in [0.15, 0.2) is 15.6 Å². The number of nitrogens with zero attached hydrogens (tertiary/aromatic N) is 3. The summed E-state index contributed by atoms with van der Waals surface area (Å²) in [4.78, 5) is 35.8. The number of anilines is 4. The van der Waals surface area contributed by atoms with Gasteiger partial charge in [0.05, 0.1) is 28.9 Å². The number of aromatic nitrogens is 2. The lowest BCUT2D eigenvalue weighted by atomic mass is 10.1. The third kappa shape index (κ3) is 6.05. The molecule has 11 heteroatoms. The minimum atomic E-state index is -3.36. The largest absolute Gasteiger partial charge is 0.495 e. The van der Waals surface area contributed by atoms with E-state index in [2.05, 4.69) is 20.6 Å². The second-order valence-corrected chi connectivity index (χ2v) is 10.7. The first-order valence-electron chi connectivity index (χ1n) is 11.9. The van der Waals surface area contributed by atoms with Gasteiger partial charge < -0.3 is 20.3 Å². The maximum absolute atomic E-state index is 12.8. The van der Waals surface area contributed by atoms with Crippen molar-refractivity contribution in [2.45, 2.75) is 31.1 Å². The molecule has 0 atom stereocenters. The van der Waals surface area contributed by atoms with E-state index in [4.69, 9.17) is 4.74 Å². The Balaban J connectivity index is 1.62. The highest BCUT2D eigenvalue weighted by Gasteiger charge is 2.21. The van der Waals surface area contributed by atoms with E-state index >= 15 is 0 Å². The van der Waals surface area contributed by atoms with Crippen molar-refractivity contribution in [1.29, 1.82) is 0 Å². The molecule has 1 saturated heterocycles. The Kier molecular flexibility index (Phi) is 7.72. The van der Waals surface area contributed by atoms with Gasteiger partial charge in [0.25, 0.3) is 5.91 Å². The standard InChI is InChI=1S/C26H29N5O5S/c1-4-22(32)19-16-28-25(30-24-10-8-18(15-27-24)37(3,34)35)14-21(19)29-20-9-7-17(13-23(20)36-2)26(33)31-11-5-6-12-31/h7-10,13-16H,4-6,11-12H2,1-3H3,(H2,27,28,29,30). The molecule has 0 spiro atoms. The van der Waals surface area contributed by atoms with E-state index in [9.17, 15) is 18.0 Å². The zero-order chi connectivity index (χ0) is 26.6. The van der Waals surface area contributed by atoms with Gasteiger partial charge in [0.1, 0.15) is 17.4 Å². The van der Waals surface area contributed by atoms with Crippen LogP contribution in [0.4, 0.5) is 23.0 Å². The molecule has 10 nitrogen and oxygen atoms in total. The summed E-state index contributed by atoms with van der Waals surface area (Å²) in [6, 6.07) is 9.83. The van der Waals surface area contributed by atoms with Crippen LogP contribution >= 0.6 is 0 Å². The molecule has 3 heterocycles. The van der Waals surface area contributed by atoms with Crippen molar-refractivity contribution in [3.63, 3.8) is 0 Å². The summed E-state index contributed by atoms with van der Waals surface area (Å²) in [6.07, 6.45) is 6.15. The predicted octanol–water partition coefficient (Wildman–Crippen LogP) is 4.20. The van der Waals surface area contributed by atoms with E-state index < -0.39 is 9.84 Å². The van der Waals surface area contributed by atoms with Gasteiger partial charge in [-0.2, -0.15) is 0 Å². The number of pyridine rings is 2. The van der Waals surface area contributed by atoms with E-state index in [1.807, 2.05) is 4.90 Å². The second kappa shape index (κ2) is 11.0. The molecule has 1 amide bonds. The number of rotatable bonds is 9. The normalized spacial score (nSPS) is 13.3. The third-order valence-corrected chi connectivity index (χ3v) is 7.16. The van der Waals surface area contributed by atoms with E-state index in [-0.39, 0.29) is 23.0 Å². The Labute approximate surface area is 216 Å². The molecule has 0 unspecified atom stereocenters. The van der Waals surface area contributed by atoms with E-state index in [0.717, 1.165) is 32.2 Å². The number of likely N-dealkylation sites (tertiary alicyclic amines) is 1. The molecule has 2 aromatic heterocycles. The van der Waals surface area contributed by atoms with Gasteiger partial charge in [-0.15, -0.1) is 0 Å². The quantitative estimate of drug-likeness (QED) is 0.396. The van der Waals surface area contributed by atoms with Crippen molar-refractivity contribution >= 4 is 44.5 Å². The highest BCUT2D eigenvalue weighted by molar-refractivity contribution is 7.90. The maximum Gasteiger partial charge on any atom is 0.253 e. The number of carbonyl (C=O) groups excluding carboxylic acids is 2. The van der Waals surface area contributed by atoms with Crippen molar-refractivity contribution in [2.24, 2.45) is 0 Å². The van der Waals surface area contributed by atoms with Crippen LogP contribution in [0.2, 0.25) is 0 Å². The highest BCUT2D eigenvalue weighted by atomic mass is 32.2. The summed E-state index contributed by atoms with van der Waals surface area (Å²) in [5, 5.41) is 6.27. The zero-order valence-corrected chi connectivity index (χ0v) is 21.8. The topological polar surface area (TPSA) is 131 Å². The fraction of sp³-hybridized carbons (Fsp3) is 0.308. The number of nitrogens with one attached hydrogen (secondary N) is 2. The van der Waals surface area contributed by atoms with Gasteiger partial charge >= 0.3 is 0 Å². The molecule has 2 N–H and O–H groups in total. The summed E-state index contributed by atoms with van der Waals surface area (Å²) in [7, 11) is -1.84. The van der Waals surface area contributed by atoms with Crippen LogP contribution in [0, 0.1) is 0 Å². The number of benzene rings is 1. The molecular formula is C26H29N5O5S. The minimum Gasteiger partial charge on any atom is -0.495 e. The summed E-state index contributed by atoms with van der Waals surface area (Å²) in [6.45, 7) is 3.27.